The van der Waals surface area contributed by atoms with Crippen LogP contribution in [0.15, 0.2) is 24.3 Å². The Morgan fingerprint density at radius 2 is 1.89 bits per heavy atom. The maximum absolute atomic E-state index is 11.5. The summed E-state index contributed by atoms with van der Waals surface area (Å²) < 4.78 is 0. The largest absolute Gasteiger partial charge is 0.366 e. The molecule has 5 nitrogen and oxygen atoms in total. The van der Waals surface area contributed by atoms with Crippen molar-refractivity contribution in [3.05, 3.63) is 35.4 Å². The highest BCUT2D eigenvalue weighted by atomic mass is 16.1. The van der Waals surface area contributed by atoms with E-state index in [2.05, 4.69) is 10.6 Å². The lowest BCUT2D eigenvalue weighted by Crippen LogP contribution is -2.23. The Kier molecular flexibility index (Phi) is 5.87. The van der Waals surface area contributed by atoms with Gasteiger partial charge in [0, 0.05) is 18.5 Å². The van der Waals surface area contributed by atoms with Crippen LogP contribution in [0.5, 0.6) is 0 Å². The van der Waals surface area contributed by atoms with Crippen molar-refractivity contribution in [2.75, 3.05) is 13.6 Å². The molecule has 2 amide bonds. The molecule has 0 unspecified atom stereocenters. The average Bonchev–Trinajstić information content (AvgIpc) is 2.37. The highest BCUT2D eigenvalue weighted by molar-refractivity contribution is 5.92. The number of rotatable bonds is 7. The van der Waals surface area contributed by atoms with Gasteiger partial charge in [-0.3, -0.25) is 9.59 Å². The molecule has 0 aliphatic rings. The first kappa shape index (κ1) is 14.2. The molecule has 0 aliphatic carbocycles. The van der Waals surface area contributed by atoms with Crippen molar-refractivity contribution < 1.29 is 9.59 Å². The quantitative estimate of drug-likeness (QED) is 0.612. The van der Waals surface area contributed by atoms with Crippen LogP contribution >= 0.6 is 0 Å². The first-order valence-corrected chi connectivity index (χ1v) is 5.93. The van der Waals surface area contributed by atoms with E-state index >= 15 is 0 Å². The van der Waals surface area contributed by atoms with Crippen LogP contribution in [0, 0.1) is 0 Å². The lowest BCUT2D eigenvalue weighted by molar-refractivity contribution is -0.121. The van der Waals surface area contributed by atoms with E-state index in [-0.39, 0.29) is 5.91 Å². The van der Waals surface area contributed by atoms with Gasteiger partial charge in [0.05, 0.1) is 0 Å². The second-order valence-corrected chi connectivity index (χ2v) is 4.05. The number of hydrogen-bond acceptors (Lipinski definition) is 3. The molecule has 0 aliphatic heterocycles. The Labute approximate surface area is 107 Å². The number of benzene rings is 1. The molecule has 1 aromatic carbocycles. The smallest absolute Gasteiger partial charge is 0.248 e. The van der Waals surface area contributed by atoms with E-state index in [1.807, 2.05) is 7.05 Å². The molecule has 4 N–H and O–H groups in total. The monoisotopic (exact) mass is 249 g/mol. The minimum absolute atomic E-state index is 0.0317. The SMILES string of the molecule is CNCCCC(=O)NCc1ccc(C(N)=O)cc1. The van der Waals surface area contributed by atoms with E-state index < -0.39 is 5.91 Å². The molecule has 0 heterocycles. The number of nitrogens with two attached hydrogens (primary N) is 1. The van der Waals surface area contributed by atoms with Gasteiger partial charge in [-0.1, -0.05) is 12.1 Å². The van der Waals surface area contributed by atoms with Gasteiger partial charge in [0.15, 0.2) is 0 Å². The van der Waals surface area contributed by atoms with Crippen molar-refractivity contribution in [3.8, 4) is 0 Å². The van der Waals surface area contributed by atoms with Crippen molar-refractivity contribution >= 4 is 11.8 Å². The maximum atomic E-state index is 11.5. The summed E-state index contributed by atoms with van der Waals surface area (Å²) >= 11 is 0. The molecular formula is C13H19N3O2. The Morgan fingerprint density at radius 3 is 2.44 bits per heavy atom. The summed E-state index contributed by atoms with van der Waals surface area (Å²) in [4.78, 5) is 22.3. The first-order valence-electron chi connectivity index (χ1n) is 5.93. The van der Waals surface area contributed by atoms with Gasteiger partial charge < -0.3 is 16.4 Å². The summed E-state index contributed by atoms with van der Waals surface area (Å²) in [5.41, 5.74) is 6.56. The van der Waals surface area contributed by atoms with Crippen LogP contribution in [0.4, 0.5) is 0 Å². The van der Waals surface area contributed by atoms with Gasteiger partial charge in [0.1, 0.15) is 0 Å². The summed E-state index contributed by atoms with van der Waals surface area (Å²) in [7, 11) is 1.86. The summed E-state index contributed by atoms with van der Waals surface area (Å²) in [6, 6.07) is 6.89. The Hall–Kier alpha value is -1.88. The molecule has 5 heteroatoms. The zero-order valence-corrected chi connectivity index (χ0v) is 10.5. The molecule has 0 radical (unpaired) electrons. The molecular weight excluding hydrogens is 230 g/mol. The predicted octanol–water partition coefficient (Wildman–Crippen LogP) is 0.401. The Bertz CT molecular complexity index is 401. The highest BCUT2D eigenvalue weighted by Crippen LogP contribution is 2.03. The van der Waals surface area contributed by atoms with Gasteiger partial charge in [-0.25, -0.2) is 0 Å². The van der Waals surface area contributed by atoms with Crippen molar-refractivity contribution in [1.29, 1.82) is 0 Å². The molecule has 0 fully saturated rings. The van der Waals surface area contributed by atoms with Crippen LogP contribution < -0.4 is 16.4 Å². The summed E-state index contributed by atoms with van der Waals surface area (Å²) in [6.45, 7) is 1.30. The van der Waals surface area contributed by atoms with E-state index in [0.29, 0.717) is 18.5 Å². The molecule has 98 valence electrons. The molecule has 0 aromatic heterocycles. The van der Waals surface area contributed by atoms with E-state index in [0.717, 1.165) is 18.5 Å². The number of amides is 2. The van der Waals surface area contributed by atoms with Gasteiger partial charge in [0.2, 0.25) is 11.8 Å². The summed E-state index contributed by atoms with van der Waals surface area (Å²) in [5.74, 6) is -0.415. The van der Waals surface area contributed by atoms with Gasteiger partial charge in [0.25, 0.3) is 0 Å². The fourth-order valence-corrected chi connectivity index (χ4v) is 1.50. The third kappa shape index (κ3) is 4.97. The minimum Gasteiger partial charge on any atom is -0.366 e. The lowest BCUT2D eigenvalue weighted by atomic mass is 10.1. The first-order chi connectivity index (χ1) is 8.63. The van der Waals surface area contributed by atoms with E-state index in [1.165, 1.54) is 0 Å². The van der Waals surface area contributed by atoms with Crippen LogP contribution in [-0.2, 0) is 11.3 Å². The molecule has 0 saturated heterocycles. The Morgan fingerprint density at radius 1 is 1.22 bits per heavy atom. The van der Waals surface area contributed by atoms with E-state index in [1.54, 1.807) is 24.3 Å². The minimum atomic E-state index is -0.447. The Balaban J connectivity index is 2.34. The highest BCUT2D eigenvalue weighted by Gasteiger charge is 2.02. The number of carbonyl (C=O) groups excluding carboxylic acids is 2. The number of hydrogen-bond donors (Lipinski definition) is 3. The fourth-order valence-electron chi connectivity index (χ4n) is 1.50. The van der Waals surface area contributed by atoms with Gasteiger partial charge in [-0.2, -0.15) is 0 Å². The second-order valence-electron chi connectivity index (χ2n) is 4.05. The number of carbonyl (C=O) groups is 2. The molecule has 0 atom stereocenters. The molecule has 0 spiro atoms. The van der Waals surface area contributed by atoms with Crippen molar-refractivity contribution in [2.24, 2.45) is 5.73 Å². The van der Waals surface area contributed by atoms with Gasteiger partial charge in [-0.15, -0.1) is 0 Å². The van der Waals surface area contributed by atoms with Crippen LogP contribution in [-0.4, -0.2) is 25.4 Å². The third-order valence-electron chi connectivity index (χ3n) is 2.56. The zero-order chi connectivity index (χ0) is 13.4. The maximum Gasteiger partial charge on any atom is 0.248 e. The molecule has 1 aromatic rings. The van der Waals surface area contributed by atoms with Crippen molar-refractivity contribution in [1.82, 2.24) is 10.6 Å². The molecule has 0 bridgehead atoms. The van der Waals surface area contributed by atoms with E-state index in [4.69, 9.17) is 5.73 Å². The lowest BCUT2D eigenvalue weighted by Gasteiger charge is -2.05. The summed E-state index contributed by atoms with van der Waals surface area (Å²) in [6.07, 6.45) is 1.34. The van der Waals surface area contributed by atoms with Crippen molar-refractivity contribution in [3.63, 3.8) is 0 Å². The second kappa shape index (κ2) is 7.45. The van der Waals surface area contributed by atoms with Gasteiger partial charge in [-0.05, 0) is 37.7 Å². The summed E-state index contributed by atoms with van der Waals surface area (Å²) in [5, 5.41) is 5.81. The van der Waals surface area contributed by atoms with Crippen LogP contribution in [0.25, 0.3) is 0 Å². The predicted molar refractivity (Wildman–Crippen MR) is 70.0 cm³/mol. The average molecular weight is 249 g/mol. The number of nitrogens with one attached hydrogen (secondary N) is 2. The zero-order valence-electron chi connectivity index (χ0n) is 10.5. The van der Waals surface area contributed by atoms with Crippen LogP contribution in [0.3, 0.4) is 0 Å². The van der Waals surface area contributed by atoms with Gasteiger partial charge >= 0.3 is 0 Å². The molecule has 18 heavy (non-hydrogen) atoms. The van der Waals surface area contributed by atoms with Crippen LogP contribution in [0.1, 0.15) is 28.8 Å². The van der Waals surface area contributed by atoms with E-state index in [9.17, 15) is 9.59 Å². The third-order valence-corrected chi connectivity index (χ3v) is 2.56. The number of primary amides is 1. The molecule has 1 rings (SSSR count). The fraction of sp³-hybridized carbons (Fsp3) is 0.385. The van der Waals surface area contributed by atoms with Crippen molar-refractivity contribution in [2.45, 2.75) is 19.4 Å². The topological polar surface area (TPSA) is 84.2 Å². The normalized spacial score (nSPS) is 10.1. The van der Waals surface area contributed by atoms with Crippen LogP contribution in [0.2, 0.25) is 0 Å². The molecule has 0 saturated carbocycles. The standard InChI is InChI=1S/C13H19N3O2/c1-15-8-2-3-12(17)16-9-10-4-6-11(7-5-10)13(14)18/h4-7,15H,2-3,8-9H2,1H3,(H2,14,18)(H,16,17).